The van der Waals surface area contributed by atoms with Gasteiger partial charge in [-0.3, -0.25) is 9.59 Å². The molecule has 2 rings (SSSR count). The fourth-order valence-corrected chi connectivity index (χ4v) is 2.68. The van der Waals surface area contributed by atoms with Crippen molar-refractivity contribution < 1.29 is 9.59 Å². The summed E-state index contributed by atoms with van der Waals surface area (Å²) in [5.41, 5.74) is 1.73. The molecule has 126 valence electrons. The second-order valence-corrected chi connectivity index (χ2v) is 5.97. The molecular weight excluding hydrogens is 324 g/mol. The summed E-state index contributed by atoms with van der Waals surface area (Å²) in [7, 11) is 1.57. The van der Waals surface area contributed by atoms with Crippen LogP contribution < -0.4 is 5.32 Å². The second kappa shape index (κ2) is 8.50. The number of carbonyl (C=O) groups is 2. The number of amides is 2. The molecule has 0 aromatic heterocycles. The normalized spacial score (nSPS) is 11.6. The molecule has 0 fully saturated rings. The molecular formula is C19H21ClN2O2. The van der Waals surface area contributed by atoms with Gasteiger partial charge in [0.2, 0.25) is 11.8 Å². The fraction of sp³-hybridized carbons (Fsp3) is 0.263. The maximum Gasteiger partial charge on any atom is 0.242 e. The van der Waals surface area contributed by atoms with Crippen molar-refractivity contribution in [2.75, 3.05) is 7.05 Å². The fourth-order valence-electron chi connectivity index (χ4n) is 2.48. The topological polar surface area (TPSA) is 49.4 Å². The Hall–Kier alpha value is -2.33. The van der Waals surface area contributed by atoms with Crippen molar-refractivity contribution in [2.45, 2.75) is 25.9 Å². The van der Waals surface area contributed by atoms with Crippen LogP contribution in [0.3, 0.4) is 0 Å². The molecule has 0 saturated heterocycles. The first kappa shape index (κ1) is 18.0. The molecule has 0 aliphatic heterocycles. The van der Waals surface area contributed by atoms with Crippen LogP contribution in [0.5, 0.6) is 0 Å². The summed E-state index contributed by atoms with van der Waals surface area (Å²) in [5, 5.41) is 3.16. The highest BCUT2D eigenvalue weighted by molar-refractivity contribution is 6.31. The number of carbonyl (C=O) groups excluding carboxylic acids is 2. The molecule has 0 spiro atoms. The van der Waals surface area contributed by atoms with E-state index in [1.807, 2.05) is 48.5 Å². The van der Waals surface area contributed by atoms with Crippen LogP contribution in [-0.2, 0) is 22.6 Å². The maximum atomic E-state index is 12.8. The molecule has 24 heavy (non-hydrogen) atoms. The van der Waals surface area contributed by atoms with Crippen LogP contribution in [0.2, 0.25) is 5.02 Å². The van der Waals surface area contributed by atoms with Crippen molar-refractivity contribution in [3.8, 4) is 0 Å². The molecule has 1 atom stereocenters. The monoisotopic (exact) mass is 344 g/mol. The lowest BCUT2D eigenvalue weighted by Gasteiger charge is -2.28. The quantitative estimate of drug-likeness (QED) is 0.875. The standard InChI is InChI=1S/C19H21ClN2O2/c1-14(19(24)21-2)22(13-15-8-4-3-5-9-15)18(23)12-16-10-6-7-11-17(16)20/h3-11,14H,12-13H2,1-2H3,(H,21,24)/t14-/m1/s1. The highest BCUT2D eigenvalue weighted by Gasteiger charge is 2.25. The number of benzene rings is 2. The minimum Gasteiger partial charge on any atom is -0.357 e. The number of halogens is 1. The van der Waals surface area contributed by atoms with Gasteiger partial charge in [-0.2, -0.15) is 0 Å². The van der Waals surface area contributed by atoms with E-state index in [0.717, 1.165) is 11.1 Å². The van der Waals surface area contributed by atoms with Gasteiger partial charge in [0.1, 0.15) is 6.04 Å². The van der Waals surface area contributed by atoms with E-state index in [0.29, 0.717) is 11.6 Å². The van der Waals surface area contributed by atoms with Gasteiger partial charge < -0.3 is 10.2 Å². The van der Waals surface area contributed by atoms with Crippen molar-refractivity contribution in [3.05, 3.63) is 70.7 Å². The van der Waals surface area contributed by atoms with Crippen molar-refractivity contribution in [1.29, 1.82) is 0 Å². The lowest BCUT2D eigenvalue weighted by molar-refractivity contribution is -0.139. The molecule has 4 nitrogen and oxygen atoms in total. The van der Waals surface area contributed by atoms with Gasteiger partial charge in [0, 0.05) is 18.6 Å². The minimum atomic E-state index is -0.565. The molecule has 0 aliphatic carbocycles. The van der Waals surface area contributed by atoms with Gasteiger partial charge in [-0.25, -0.2) is 0 Å². The van der Waals surface area contributed by atoms with E-state index in [-0.39, 0.29) is 18.2 Å². The molecule has 2 amide bonds. The Morgan fingerprint density at radius 2 is 1.71 bits per heavy atom. The van der Waals surface area contributed by atoms with Gasteiger partial charge in [-0.1, -0.05) is 60.1 Å². The molecule has 0 radical (unpaired) electrons. The first-order chi connectivity index (χ1) is 11.5. The van der Waals surface area contributed by atoms with Crippen LogP contribution in [0.25, 0.3) is 0 Å². The molecule has 2 aromatic rings. The zero-order chi connectivity index (χ0) is 17.5. The van der Waals surface area contributed by atoms with E-state index in [1.54, 1.807) is 24.9 Å². The summed E-state index contributed by atoms with van der Waals surface area (Å²) >= 11 is 6.15. The van der Waals surface area contributed by atoms with E-state index in [4.69, 9.17) is 11.6 Å². The lowest BCUT2D eigenvalue weighted by atomic mass is 10.1. The Morgan fingerprint density at radius 3 is 2.33 bits per heavy atom. The summed E-state index contributed by atoms with van der Waals surface area (Å²) in [4.78, 5) is 26.4. The molecule has 0 unspecified atom stereocenters. The molecule has 2 aromatic carbocycles. The summed E-state index contributed by atoms with van der Waals surface area (Å²) in [6, 6.07) is 16.3. The third-order valence-electron chi connectivity index (χ3n) is 3.91. The van der Waals surface area contributed by atoms with E-state index in [9.17, 15) is 9.59 Å². The van der Waals surface area contributed by atoms with Gasteiger partial charge in [0.25, 0.3) is 0 Å². The van der Waals surface area contributed by atoms with E-state index < -0.39 is 6.04 Å². The summed E-state index contributed by atoms with van der Waals surface area (Å²) in [6.45, 7) is 2.10. The van der Waals surface area contributed by atoms with Crippen molar-refractivity contribution in [2.24, 2.45) is 0 Å². The Kier molecular flexibility index (Phi) is 6.38. The number of nitrogens with zero attached hydrogens (tertiary/aromatic N) is 1. The Bertz CT molecular complexity index is 704. The average molecular weight is 345 g/mol. The van der Waals surface area contributed by atoms with Crippen LogP contribution in [0.15, 0.2) is 54.6 Å². The zero-order valence-electron chi connectivity index (χ0n) is 13.8. The highest BCUT2D eigenvalue weighted by Crippen LogP contribution is 2.18. The van der Waals surface area contributed by atoms with E-state index >= 15 is 0 Å². The maximum absolute atomic E-state index is 12.8. The number of likely N-dealkylation sites (N-methyl/N-ethyl adjacent to an activating group) is 1. The lowest BCUT2D eigenvalue weighted by Crippen LogP contribution is -2.47. The number of rotatable bonds is 6. The van der Waals surface area contributed by atoms with Gasteiger partial charge in [0.15, 0.2) is 0 Å². The third-order valence-corrected chi connectivity index (χ3v) is 4.28. The average Bonchev–Trinajstić information content (AvgIpc) is 2.61. The molecule has 0 aliphatic rings. The van der Waals surface area contributed by atoms with Gasteiger partial charge >= 0.3 is 0 Å². The summed E-state index contributed by atoms with van der Waals surface area (Å²) < 4.78 is 0. The van der Waals surface area contributed by atoms with Crippen LogP contribution in [0.1, 0.15) is 18.1 Å². The van der Waals surface area contributed by atoms with Crippen LogP contribution >= 0.6 is 11.6 Å². The van der Waals surface area contributed by atoms with Gasteiger partial charge in [0.05, 0.1) is 6.42 Å². The number of hydrogen-bond acceptors (Lipinski definition) is 2. The minimum absolute atomic E-state index is 0.136. The smallest absolute Gasteiger partial charge is 0.242 e. The van der Waals surface area contributed by atoms with E-state index in [2.05, 4.69) is 5.32 Å². The Balaban J connectivity index is 2.22. The second-order valence-electron chi connectivity index (χ2n) is 5.57. The van der Waals surface area contributed by atoms with Gasteiger partial charge in [-0.05, 0) is 24.1 Å². The van der Waals surface area contributed by atoms with Crippen molar-refractivity contribution in [1.82, 2.24) is 10.2 Å². The largest absolute Gasteiger partial charge is 0.357 e. The molecule has 0 saturated carbocycles. The SMILES string of the molecule is CNC(=O)[C@@H](C)N(Cc1ccccc1)C(=O)Cc1ccccc1Cl. The zero-order valence-corrected chi connectivity index (χ0v) is 14.6. The number of hydrogen-bond donors (Lipinski definition) is 1. The predicted octanol–water partition coefficient (Wildman–Crippen LogP) is 3.05. The summed E-state index contributed by atoms with van der Waals surface area (Å²) in [5.74, 6) is -0.332. The Labute approximate surface area is 147 Å². The van der Waals surface area contributed by atoms with Crippen LogP contribution in [-0.4, -0.2) is 29.8 Å². The van der Waals surface area contributed by atoms with E-state index in [1.165, 1.54) is 0 Å². The first-order valence-corrected chi connectivity index (χ1v) is 8.19. The molecule has 5 heteroatoms. The first-order valence-electron chi connectivity index (χ1n) is 7.81. The predicted molar refractivity (Wildman–Crippen MR) is 95.7 cm³/mol. The van der Waals surface area contributed by atoms with Crippen molar-refractivity contribution in [3.63, 3.8) is 0 Å². The molecule has 0 bridgehead atoms. The Morgan fingerprint density at radius 1 is 1.08 bits per heavy atom. The van der Waals surface area contributed by atoms with Crippen LogP contribution in [0, 0.1) is 0 Å². The van der Waals surface area contributed by atoms with Gasteiger partial charge in [-0.15, -0.1) is 0 Å². The highest BCUT2D eigenvalue weighted by atomic mass is 35.5. The van der Waals surface area contributed by atoms with Crippen molar-refractivity contribution >= 4 is 23.4 Å². The number of nitrogens with one attached hydrogen (secondary N) is 1. The molecule has 1 N–H and O–H groups in total. The molecule has 0 heterocycles. The third kappa shape index (κ3) is 4.59. The van der Waals surface area contributed by atoms with Crippen LogP contribution in [0.4, 0.5) is 0 Å². The summed E-state index contributed by atoms with van der Waals surface area (Å²) in [6.07, 6.45) is 0.161.